The van der Waals surface area contributed by atoms with Crippen LogP contribution < -0.4 is 10.1 Å². The van der Waals surface area contributed by atoms with E-state index in [9.17, 15) is 4.79 Å². The lowest BCUT2D eigenvalue weighted by atomic mass is 10.2. The first kappa shape index (κ1) is 19.7. The molecule has 0 saturated carbocycles. The first-order valence-corrected chi connectivity index (χ1v) is 9.72. The number of ether oxygens (including phenoxy) is 1. The van der Waals surface area contributed by atoms with E-state index in [1.54, 1.807) is 0 Å². The van der Waals surface area contributed by atoms with Gasteiger partial charge >= 0.3 is 0 Å². The first-order valence-electron chi connectivity index (χ1n) is 9.35. The van der Waals surface area contributed by atoms with E-state index in [1.165, 1.54) is 5.56 Å². The molecule has 1 aliphatic rings. The van der Waals surface area contributed by atoms with Gasteiger partial charge in [-0.2, -0.15) is 0 Å². The van der Waals surface area contributed by atoms with Crippen LogP contribution in [0.15, 0.2) is 48.5 Å². The van der Waals surface area contributed by atoms with E-state index < -0.39 is 0 Å². The summed E-state index contributed by atoms with van der Waals surface area (Å²) in [4.78, 5) is 17.0. The molecule has 1 amide bonds. The van der Waals surface area contributed by atoms with Crippen LogP contribution >= 0.6 is 11.6 Å². The van der Waals surface area contributed by atoms with Crippen LogP contribution in [0.2, 0.25) is 5.02 Å². The number of nitrogens with zero attached hydrogens (tertiary/aromatic N) is 2. The van der Waals surface area contributed by atoms with Crippen LogP contribution in [0.25, 0.3) is 0 Å². The van der Waals surface area contributed by atoms with Crippen LogP contribution in [0.1, 0.15) is 12.5 Å². The van der Waals surface area contributed by atoms with E-state index in [1.807, 2.05) is 49.4 Å². The lowest BCUT2D eigenvalue weighted by molar-refractivity contribution is -0.117. The maximum atomic E-state index is 12.4. The summed E-state index contributed by atoms with van der Waals surface area (Å²) in [6.45, 7) is 7.42. The minimum Gasteiger partial charge on any atom is -0.492 e. The average molecular weight is 388 g/mol. The van der Waals surface area contributed by atoms with E-state index in [-0.39, 0.29) is 5.91 Å². The van der Waals surface area contributed by atoms with Crippen molar-refractivity contribution in [1.82, 2.24) is 9.80 Å². The van der Waals surface area contributed by atoms with Gasteiger partial charge in [0.25, 0.3) is 0 Å². The average Bonchev–Trinajstić information content (AvgIpc) is 2.65. The van der Waals surface area contributed by atoms with Crippen molar-refractivity contribution < 1.29 is 9.53 Å². The van der Waals surface area contributed by atoms with Gasteiger partial charge in [-0.15, -0.1) is 0 Å². The second kappa shape index (κ2) is 9.74. The van der Waals surface area contributed by atoms with Crippen LogP contribution in [0.3, 0.4) is 0 Å². The number of carbonyl (C=O) groups excluding carboxylic acids is 1. The molecule has 1 N–H and O–H groups in total. The lowest BCUT2D eigenvalue weighted by Gasteiger charge is -2.34. The normalized spacial score (nSPS) is 15.5. The summed E-state index contributed by atoms with van der Waals surface area (Å²) in [5.74, 6) is 0.699. The number of amides is 1. The van der Waals surface area contributed by atoms with Crippen molar-refractivity contribution in [2.24, 2.45) is 0 Å². The number of hydrogen-bond acceptors (Lipinski definition) is 4. The van der Waals surface area contributed by atoms with Gasteiger partial charge in [-0.1, -0.05) is 35.9 Å². The number of piperazine rings is 1. The molecule has 2 aromatic rings. The molecule has 0 radical (unpaired) electrons. The molecule has 3 rings (SSSR count). The van der Waals surface area contributed by atoms with Crippen molar-refractivity contribution in [2.45, 2.75) is 13.5 Å². The van der Waals surface area contributed by atoms with E-state index in [0.29, 0.717) is 18.9 Å². The molecule has 2 aromatic carbocycles. The SMILES string of the molecule is CCOc1ccccc1NC(=O)CN1CCN(Cc2cccc(Cl)c2)CC1. The lowest BCUT2D eigenvalue weighted by Crippen LogP contribution is -2.48. The van der Waals surface area contributed by atoms with Gasteiger partial charge in [0.1, 0.15) is 5.75 Å². The summed E-state index contributed by atoms with van der Waals surface area (Å²) in [7, 11) is 0. The maximum absolute atomic E-state index is 12.4. The minimum absolute atomic E-state index is 0.00885. The molecule has 0 atom stereocenters. The molecule has 0 aromatic heterocycles. The van der Waals surface area contributed by atoms with Crippen LogP contribution in [0.4, 0.5) is 5.69 Å². The van der Waals surface area contributed by atoms with E-state index in [2.05, 4.69) is 21.2 Å². The number of nitrogens with one attached hydrogen (secondary N) is 1. The van der Waals surface area contributed by atoms with Gasteiger partial charge in [0.2, 0.25) is 5.91 Å². The van der Waals surface area contributed by atoms with Crippen molar-refractivity contribution in [1.29, 1.82) is 0 Å². The summed E-state index contributed by atoms with van der Waals surface area (Å²) in [6.07, 6.45) is 0. The Labute approximate surface area is 165 Å². The predicted molar refractivity (Wildman–Crippen MR) is 109 cm³/mol. The highest BCUT2D eigenvalue weighted by Gasteiger charge is 2.19. The Balaban J connectivity index is 1.45. The largest absolute Gasteiger partial charge is 0.492 e. The second-order valence-electron chi connectivity index (χ2n) is 6.66. The fourth-order valence-electron chi connectivity index (χ4n) is 3.24. The monoisotopic (exact) mass is 387 g/mol. The zero-order valence-corrected chi connectivity index (χ0v) is 16.4. The highest BCUT2D eigenvalue weighted by atomic mass is 35.5. The number of anilines is 1. The molecule has 27 heavy (non-hydrogen) atoms. The van der Waals surface area contributed by atoms with Gasteiger partial charge in [0, 0.05) is 37.7 Å². The van der Waals surface area contributed by atoms with E-state index >= 15 is 0 Å². The molecule has 0 aliphatic carbocycles. The Bertz CT molecular complexity index is 761. The summed E-state index contributed by atoms with van der Waals surface area (Å²) in [6, 6.07) is 15.5. The molecule has 0 bridgehead atoms. The molecule has 0 spiro atoms. The summed E-state index contributed by atoms with van der Waals surface area (Å²) in [5.41, 5.74) is 1.95. The summed E-state index contributed by atoms with van der Waals surface area (Å²) < 4.78 is 5.56. The van der Waals surface area contributed by atoms with Crippen LogP contribution in [-0.4, -0.2) is 55.0 Å². The predicted octanol–water partition coefficient (Wildman–Crippen LogP) is 3.50. The van der Waals surface area contributed by atoms with Crippen LogP contribution in [-0.2, 0) is 11.3 Å². The van der Waals surface area contributed by atoms with E-state index in [4.69, 9.17) is 16.3 Å². The Morgan fingerprint density at radius 2 is 1.81 bits per heavy atom. The summed E-state index contributed by atoms with van der Waals surface area (Å²) in [5, 5.41) is 3.74. The van der Waals surface area contributed by atoms with Crippen molar-refractivity contribution in [3.05, 3.63) is 59.1 Å². The van der Waals surface area contributed by atoms with Gasteiger partial charge in [0.15, 0.2) is 0 Å². The molecule has 1 saturated heterocycles. The molecular weight excluding hydrogens is 362 g/mol. The third-order valence-corrected chi connectivity index (χ3v) is 4.82. The standard InChI is InChI=1S/C21H26ClN3O2/c1-2-27-20-9-4-3-8-19(20)23-21(26)16-25-12-10-24(11-13-25)15-17-6-5-7-18(22)14-17/h3-9,14H,2,10-13,15-16H2,1H3,(H,23,26). The summed E-state index contributed by atoms with van der Waals surface area (Å²) >= 11 is 6.06. The molecular formula is C21H26ClN3O2. The van der Waals surface area contributed by atoms with Gasteiger partial charge in [0.05, 0.1) is 18.8 Å². The van der Waals surface area contributed by atoms with Gasteiger partial charge in [-0.3, -0.25) is 14.6 Å². The molecule has 6 heteroatoms. The van der Waals surface area contributed by atoms with Gasteiger partial charge < -0.3 is 10.1 Å². The highest BCUT2D eigenvalue weighted by molar-refractivity contribution is 6.30. The zero-order valence-electron chi connectivity index (χ0n) is 15.7. The number of benzene rings is 2. The zero-order chi connectivity index (χ0) is 19.1. The molecule has 5 nitrogen and oxygen atoms in total. The third-order valence-electron chi connectivity index (χ3n) is 4.59. The minimum atomic E-state index is -0.00885. The molecule has 1 fully saturated rings. The Kier molecular flexibility index (Phi) is 7.10. The van der Waals surface area contributed by atoms with Crippen LogP contribution in [0, 0.1) is 0 Å². The fourth-order valence-corrected chi connectivity index (χ4v) is 3.46. The molecule has 144 valence electrons. The number of rotatable bonds is 7. The van der Waals surface area contributed by atoms with Crippen molar-refractivity contribution in [3.63, 3.8) is 0 Å². The van der Waals surface area contributed by atoms with Crippen molar-refractivity contribution >= 4 is 23.2 Å². The van der Waals surface area contributed by atoms with Crippen molar-refractivity contribution in [2.75, 3.05) is 44.6 Å². The molecule has 0 unspecified atom stereocenters. The number of carbonyl (C=O) groups is 1. The van der Waals surface area contributed by atoms with Gasteiger partial charge in [-0.05, 0) is 36.8 Å². The number of halogens is 1. The Morgan fingerprint density at radius 3 is 2.56 bits per heavy atom. The maximum Gasteiger partial charge on any atom is 0.238 e. The number of para-hydroxylation sites is 2. The van der Waals surface area contributed by atoms with Gasteiger partial charge in [-0.25, -0.2) is 0 Å². The van der Waals surface area contributed by atoms with Crippen molar-refractivity contribution in [3.8, 4) is 5.75 Å². The Morgan fingerprint density at radius 1 is 1.07 bits per heavy atom. The smallest absolute Gasteiger partial charge is 0.238 e. The Hall–Kier alpha value is -2.08. The topological polar surface area (TPSA) is 44.8 Å². The second-order valence-corrected chi connectivity index (χ2v) is 7.10. The van der Waals surface area contributed by atoms with E-state index in [0.717, 1.165) is 43.4 Å². The number of hydrogen-bond donors (Lipinski definition) is 1. The molecule has 1 aliphatic heterocycles. The molecule has 1 heterocycles. The fraction of sp³-hybridized carbons (Fsp3) is 0.381. The highest BCUT2D eigenvalue weighted by Crippen LogP contribution is 2.23. The third kappa shape index (κ3) is 5.96. The first-order chi connectivity index (χ1) is 13.1. The van der Waals surface area contributed by atoms with Crippen LogP contribution in [0.5, 0.6) is 5.75 Å². The quantitative estimate of drug-likeness (QED) is 0.789.